The first-order valence-corrected chi connectivity index (χ1v) is 10.3. The molecule has 2 aromatic rings. The van der Waals surface area contributed by atoms with Gasteiger partial charge < -0.3 is 10.2 Å². The van der Waals surface area contributed by atoms with E-state index in [0.717, 1.165) is 5.56 Å². The van der Waals surface area contributed by atoms with E-state index in [9.17, 15) is 13.2 Å². The Morgan fingerprint density at radius 2 is 2.04 bits per heavy atom. The van der Waals surface area contributed by atoms with E-state index in [0.29, 0.717) is 18.7 Å². The summed E-state index contributed by atoms with van der Waals surface area (Å²) in [7, 11) is 0.330. The summed E-state index contributed by atoms with van der Waals surface area (Å²) in [5.41, 5.74) is 1.46. The van der Waals surface area contributed by atoms with Crippen LogP contribution in [-0.2, 0) is 10.0 Å². The van der Waals surface area contributed by atoms with Crippen LogP contribution in [0.5, 0.6) is 0 Å². The highest BCUT2D eigenvalue weighted by Gasteiger charge is 2.18. The molecule has 1 heterocycles. The van der Waals surface area contributed by atoms with E-state index in [1.54, 1.807) is 30.4 Å². The number of nitrogens with one attached hydrogen (secondary N) is 2. The first-order chi connectivity index (χ1) is 11.8. The summed E-state index contributed by atoms with van der Waals surface area (Å²) >= 11 is 1.61. The van der Waals surface area contributed by atoms with Crippen molar-refractivity contribution >= 4 is 27.3 Å². The minimum Gasteiger partial charge on any atom is -0.350 e. The van der Waals surface area contributed by atoms with Crippen LogP contribution in [0.3, 0.4) is 0 Å². The zero-order valence-corrected chi connectivity index (χ0v) is 16.2. The van der Waals surface area contributed by atoms with Crippen molar-refractivity contribution in [3.8, 4) is 0 Å². The van der Waals surface area contributed by atoms with E-state index in [1.807, 2.05) is 30.4 Å². The van der Waals surface area contributed by atoms with Gasteiger partial charge in [0.25, 0.3) is 5.91 Å². The Kier molecular flexibility index (Phi) is 6.71. The number of hydrogen-bond donors (Lipinski definition) is 2. The van der Waals surface area contributed by atoms with E-state index in [1.165, 1.54) is 12.1 Å². The van der Waals surface area contributed by atoms with Crippen molar-refractivity contribution in [2.45, 2.75) is 17.9 Å². The van der Waals surface area contributed by atoms with Crippen molar-refractivity contribution in [3.63, 3.8) is 0 Å². The predicted molar refractivity (Wildman–Crippen MR) is 100 cm³/mol. The highest BCUT2D eigenvalue weighted by atomic mass is 32.2. The standard InChI is InChI=1S/C17H23N3O3S2/c1-4-19-25(22,23)15-7-5-6-13(10-15)17(21)18-11-16(20(2)3)14-8-9-24-12-14/h5-10,12,16,19H,4,11H2,1-3H3,(H,18,21). The summed E-state index contributed by atoms with van der Waals surface area (Å²) in [5.74, 6) is -0.296. The van der Waals surface area contributed by atoms with Crippen LogP contribution in [0.15, 0.2) is 46.0 Å². The van der Waals surface area contributed by atoms with Crippen molar-refractivity contribution < 1.29 is 13.2 Å². The lowest BCUT2D eigenvalue weighted by Gasteiger charge is -2.24. The van der Waals surface area contributed by atoms with Gasteiger partial charge in [0.05, 0.1) is 10.9 Å². The van der Waals surface area contributed by atoms with Crippen molar-refractivity contribution in [2.75, 3.05) is 27.2 Å². The largest absolute Gasteiger partial charge is 0.350 e. The zero-order chi connectivity index (χ0) is 18.4. The maximum absolute atomic E-state index is 12.4. The summed E-state index contributed by atoms with van der Waals surface area (Å²) in [5, 5.41) is 6.95. The quantitative estimate of drug-likeness (QED) is 0.734. The first-order valence-electron chi connectivity index (χ1n) is 7.91. The molecule has 6 nitrogen and oxygen atoms in total. The molecule has 0 spiro atoms. The molecule has 1 atom stereocenters. The summed E-state index contributed by atoms with van der Waals surface area (Å²) in [6, 6.07) is 8.14. The Morgan fingerprint density at radius 3 is 2.64 bits per heavy atom. The molecule has 0 radical (unpaired) electrons. The van der Waals surface area contributed by atoms with Gasteiger partial charge in [0.1, 0.15) is 0 Å². The fraction of sp³-hybridized carbons (Fsp3) is 0.353. The summed E-state index contributed by atoms with van der Waals surface area (Å²) in [6.45, 7) is 2.44. The SMILES string of the molecule is CCNS(=O)(=O)c1cccc(C(=O)NCC(c2ccsc2)N(C)C)c1. The second-order valence-electron chi connectivity index (χ2n) is 5.78. The molecule has 0 bridgehead atoms. The lowest BCUT2D eigenvalue weighted by atomic mass is 10.1. The number of hydrogen-bond acceptors (Lipinski definition) is 5. The van der Waals surface area contributed by atoms with E-state index in [2.05, 4.69) is 15.4 Å². The van der Waals surface area contributed by atoms with Gasteiger partial charge >= 0.3 is 0 Å². The predicted octanol–water partition coefficient (Wildman–Crippen LogP) is 2.08. The lowest BCUT2D eigenvalue weighted by Crippen LogP contribution is -2.34. The maximum atomic E-state index is 12.4. The number of nitrogens with zero attached hydrogens (tertiary/aromatic N) is 1. The highest BCUT2D eigenvalue weighted by molar-refractivity contribution is 7.89. The van der Waals surface area contributed by atoms with Gasteiger partial charge in [-0.15, -0.1) is 0 Å². The van der Waals surface area contributed by atoms with Crippen LogP contribution in [-0.4, -0.2) is 46.4 Å². The Balaban J connectivity index is 2.11. The fourth-order valence-corrected chi connectivity index (χ4v) is 4.23. The van der Waals surface area contributed by atoms with Crippen LogP contribution in [0.4, 0.5) is 0 Å². The second kappa shape index (κ2) is 8.57. The normalized spacial score (nSPS) is 13.0. The molecule has 1 aromatic carbocycles. The first kappa shape index (κ1) is 19.6. The number of amides is 1. The number of carbonyl (C=O) groups excluding carboxylic acids is 1. The molecule has 0 aliphatic rings. The monoisotopic (exact) mass is 381 g/mol. The van der Waals surface area contributed by atoms with Gasteiger partial charge in [0.15, 0.2) is 0 Å². The van der Waals surface area contributed by atoms with E-state index in [-0.39, 0.29) is 16.8 Å². The van der Waals surface area contributed by atoms with Crippen molar-refractivity contribution in [3.05, 3.63) is 52.2 Å². The van der Waals surface area contributed by atoms with Crippen molar-refractivity contribution in [2.24, 2.45) is 0 Å². The molecule has 8 heteroatoms. The Bertz CT molecular complexity index is 802. The molecule has 2 rings (SSSR count). The van der Waals surface area contributed by atoms with Crippen LogP contribution < -0.4 is 10.0 Å². The van der Waals surface area contributed by atoms with E-state index in [4.69, 9.17) is 0 Å². The summed E-state index contributed by atoms with van der Waals surface area (Å²) < 4.78 is 26.6. The molecular formula is C17H23N3O3S2. The van der Waals surface area contributed by atoms with Gasteiger partial charge in [-0.05, 0) is 54.7 Å². The minimum atomic E-state index is -3.58. The smallest absolute Gasteiger partial charge is 0.251 e. The molecule has 0 saturated carbocycles. The van der Waals surface area contributed by atoms with Gasteiger partial charge in [0, 0.05) is 18.7 Å². The molecule has 1 amide bonds. The molecule has 1 unspecified atom stereocenters. The number of thiophene rings is 1. The zero-order valence-electron chi connectivity index (χ0n) is 14.5. The van der Waals surface area contributed by atoms with Gasteiger partial charge in [0.2, 0.25) is 10.0 Å². The van der Waals surface area contributed by atoms with E-state index < -0.39 is 10.0 Å². The molecule has 0 aliphatic heterocycles. The van der Waals surface area contributed by atoms with Crippen LogP contribution in [0.2, 0.25) is 0 Å². The Labute approximate surface area is 152 Å². The molecule has 1 aromatic heterocycles. The van der Waals surface area contributed by atoms with Gasteiger partial charge in [-0.1, -0.05) is 13.0 Å². The molecule has 0 saturated heterocycles. The average Bonchev–Trinajstić information content (AvgIpc) is 3.09. The molecule has 0 fully saturated rings. The third kappa shape index (κ3) is 5.12. The van der Waals surface area contributed by atoms with Gasteiger partial charge in [-0.3, -0.25) is 4.79 Å². The highest BCUT2D eigenvalue weighted by Crippen LogP contribution is 2.20. The second-order valence-corrected chi connectivity index (χ2v) is 8.32. The van der Waals surface area contributed by atoms with Crippen LogP contribution in [0.1, 0.15) is 28.9 Å². The van der Waals surface area contributed by atoms with Crippen LogP contribution in [0, 0.1) is 0 Å². The maximum Gasteiger partial charge on any atom is 0.251 e. The van der Waals surface area contributed by atoms with Gasteiger partial charge in [-0.25, -0.2) is 13.1 Å². The Hall–Kier alpha value is -1.74. The van der Waals surface area contributed by atoms with Crippen LogP contribution in [0.25, 0.3) is 0 Å². The third-order valence-electron chi connectivity index (χ3n) is 3.75. The number of likely N-dealkylation sites (N-methyl/N-ethyl adjacent to an activating group) is 1. The summed E-state index contributed by atoms with van der Waals surface area (Å²) in [4.78, 5) is 14.6. The molecule has 0 aliphatic carbocycles. The third-order valence-corrected chi connectivity index (χ3v) is 5.99. The van der Waals surface area contributed by atoms with Crippen LogP contribution >= 0.6 is 11.3 Å². The number of rotatable bonds is 8. The average molecular weight is 382 g/mol. The number of carbonyl (C=O) groups is 1. The van der Waals surface area contributed by atoms with Gasteiger partial charge in [-0.2, -0.15) is 11.3 Å². The fourth-order valence-electron chi connectivity index (χ4n) is 2.43. The van der Waals surface area contributed by atoms with E-state index >= 15 is 0 Å². The summed E-state index contributed by atoms with van der Waals surface area (Å²) in [6.07, 6.45) is 0. The Morgan fingerprint density at radius 1 is 1.28 bits per heavy atom. The molecule has 25 heavy (non-hydrogen) atoms. The topological polar surface area (TPSA) is 78.5 Å². The van der Waals surface area contributed by atoms with Crippen molar-refractivity contribution in [1.29, 1.82) is 0 Å². The lowest BCUT2D eigenvalue weighted by molar-refractivity contribution is 0.0941. The van der Waals surface area contributed by atoms with Crippen molar-refractivity contribution in [1.82, 2.24) is 14.9 Å². The number of benzene rings is 1. The minimum absolute atomic E-state index is 0.0591. The molecule has 136 valence electrons. The molecular weight excluding hydrogens is 358 g/mol. The molecule has 2 N–H and O–H groups in total. The number of sulfonamides is 1.